The van der Waals surface area contributed by atoms with E-state index in [-0.39, 0.29) is 0 Å². The number of anilines is 1. The third-order valence-corrected chi connectivity index (χ3v) is 8.24. The SMILES string of the molecule is Cc1ccc(C)c(N2CCN(S(=O)(=O)c3c(C)nn(-c4ccc(Cl)cc4)c3C)CC2)c1. The molecule has 0 atom stereocenters. The van der Waals surface area contributed by atoms with Gasteiger partial charge in [0.25, 0.3) is 0 Å². The summed E-state index contributed by atoms with van der Waals surface area (Å²) < 4.78 is 30.3. The van der Waals surface area contributed by atoms with Crippen molar-refractivity contribution in [2.45, 2.75) is 32.6 Å². The zero-order valence-electron chi connectivity index (χ0n) is 18.3. The van der Waals surface area contributed by atoms with Gasteiger partial charge >= 0.3 is 0 Å². The van der Waals surface area contributed by atoms with Crippen LogP contribution >= 0.6 is 11.6 Å². The molecule has 0 radical (unpaired) electrons. The van der Waals surface area contributed by atoms with Gasteiger partial charge in [0.2, 0.25) is 10.0 Å². The van der Waals surface area contributed by atoms with Crippen LogP contribution in [0.5, 0.6) is 0 Å². The Morgan fingerprint density at radius 3 is 2.19 bits per heavy atom. The lowest BCUT2D eigenvalue weighted by Gasteiger charge is -2.36. The highest BCUT2D eigenvalue weighted by atomic mass is 35.5. The van der Waals surface area contributed by atoms with Gasteiger partial charge in [0, 0.05) is 36.9 Å². The third-order valence-electron chi connectivity index (χ3n) is 5.84. The molecule has 0 bridgehead atoms. The van der Waals surface area contributed by atoms with Crippen molar-refractivity contribution in [2.24, 2.45) is 0 Å². The number of hydrogen-bond acceptors (Lipinski definition) is 4. The molecule has 6 nitrogen and oxygen atoms in total. The number of piperazine rings is 1. The highest BCUT2D eigenvalue weighted by molar-refractivity contribution is 7.89. The Morgan fingerprint density at radius 1 is 0.903 bits per heavy atom. The molecular weight excluding hydrogens is 432 g/mol. The van der Waals surface area contributed by atoms with E-state index in [1.807, 2.05) is 12.1 Å². The van der Waals surface area contributed by atoms with Gasteiger partial charge in [-0.25, -0.2) is 13.1 Å². The second-order valence-electron chi connectivity index (χ2n) is 8.07. The van der Waals surface area contributed by atoms with E-state index in [1.54, 1.807) is 35.0 Å². The van der Waals surface area contributed by atoms with Gasteiger partial charge in [0.15, 0.2) is 0 Å². The van der Waals surface area contributed by atoms with Gasteiger partial charge in [-0.1, -0.05) is 23.7 Å². The minimum Gasteiger partial charge on any atom is -0.369 e. The molecule has 2 heterocycles. The number of hydrogen-bond donors (Lipinski definition) is 0. The van der Waals surface area contributed by atoms with Gasteiger partial charge in [-0.05, 0) is 69.2 Å². The quantitative estimate of drug-likeness (QED) is 0.585. The lowest BCUT2D eigenvalue weighted by molar-refractivity contribution is 0.384. The summed E-state index contributed by atoms with van der Waals surface area (Å²) in [4.78, 5) is 2.56. The molecule has 0 amide bonds. The topological polar surface area (TPSA) is 58.4 Å². The zero-order chi connectivity index (χ0) is 22.3. The number of aromatic nitrogens is 2. The molecule has 31 heavy (non-hydrogen) atoms. The maximum atomic E-state index is 13.5. The molecule has 164 valence electrons. The van der Waals surface area contributed by atoms with Crippen molar-refractivity contribution in [3.8, 4) is 5.69 Å². The number of sulfonamides is 1. The average molecular weight is 459 g/mol. The first-order chi connectivity index (χ1) is 14.7. The van der Waals surface area contributed by atoms with Crippen LogP contribution < -0.4 is 4.90 Å². The van der Waals surface area contributed by atoms with Crippen LogP contribution in [0, 0.1) is 27.7 Å². The highest BCUT2D eigenvalue weighted by Crippen LogP contribution is 2.29. The first-order valence-corrected chi connectivity index (χ1v) is 12.1. The van der Waals surface area contributed by atoms with Crippen molar-refractivity contribution in [1.82, 2.24) is 14.1 Å². The molecule has 0 N–H and O–H groups in total. The molecule has 3 aromatic rings. The molecule has 1 saturated heterocycles. The van der Waals surface area contributed by atoms with E-state index in [9.17, 15) is 8.42 Å². The first-order valence-electron chi connectivity index (χ1n) is 10.3. The number of nitrogens with zero attached hydrogens (tertiary/aromatic N) is 4. The van der Waals surface area contributed by atoms with Crippen LogP contribution in [0.15, 0.2) is 47.4 Å². The van der Waals surface area contributed by atoms with Crippen LogP contribution in [-0.2, 0) is 10.0 Å². The summed E-state index contributed by atoms with van der Waals surface area (Å²) in [5, 5.41) is 5.14. The van der Waals surface area contributed by atoms with E-state index in [0.29, 0.717) is 47.5 Å². The minimum atomic E-state index is -3.65. The fourth-order valence-electron chi connectivity index (χ4n) is 4.19. The highest BCUT2D eigenvalue weighted by Gasteiger charge is 2.33. The number of aryl methyl sites for hydroxylation is 3. The summed E-state index contributed by atoms with van der Waals surface area (Å²) in [5.41, 5.74) is 5.49. The monoisotopic (exact) mass is 458 g/mol. The normalized spacial score (nSPS) is 15.5. The average Bonchev–Trinajstić information content (AvgIpc) is 3.05. The van der Waals surface area contributed by atoms with Gasteiger partial charge in [-0.15, -0.1) is 0 Å². The maximum absolute atomic E-state index is 13.5. The molecule has 1 aromatic heterocycles. The minimum absolute atomic E-state index is 0.294. The number of halogens is 1. The molecule has 0 spiro atoms. The van der Waals surface area contributed by atoms with Crippen LogP contribution in [0.3, 0.4) is 0 Å². The number of rotatable bonds is 4. The zero-order valence-corrected chi connectivity index (χ0v) is 19.8. The maximum Gasteiger partial charge on any atom is 0.246 e. The third kappa shape index (κ3) is 4.10. The molecule has 0 aliphatic carbocycles. The van der Waals surface area contributed by atoms with Crippen LogP contribution in [-0.4, -0.2) is 48.7 Å². The van der Waals surface area contributed by atoms with Gasteiger partial charge in [-0.3, -0.25) is 0 Å². The van der Waals surface area contributed by atoms with Crippen LogP contribution in [0.25, 0.3) is 5.69 Å². The van der Waals surface area contributed by atoms with E-state index in [1.165, 1.54) is 16.8 Å². The Balaban J connectivity index is 1.59. The standard InChI is InChI=1S/C23H27ClN4O2S/c1-16-5-6-17(2)22(15-16)26-11-13-27(14-12-26)31(29,30)23-18(3)25-28(19(23)4)21-9-7-20(24)8-10-21/h5-10,15H,11-14H2,1-4H3. The Hall–Kier alpha value is -2.35. The Labute approximate surface area is 189 Å². The van der Waals surface area contributed by atoms with Crippen molar-refractivity contribution < 1.29 is 8.42 Å². The van der Waals surface area contributed by atoms with E-state index in [2.05, 4.69) is 42.0 Å². The number of benzene rings is 2. The first kappa shape index (κ1) is 21.9. The van der Waals surface area contributed by atoms with Crippen LogP contribution in [0.2, 0.25) is 5.02 Å². The molecule has 0 unspecified atom stereocenters. The van der Waals surface area contributed by atoms with Gasteiger partial charge in [0.1, 0.15) is 4.90 Å². The van der Waals surface area contributed by atoms with Crippen molar-refractivity contribution >= 4 is 27.3 Å². The lowest BCUT2D eigenvalue weighted by atomic mass is 10.1. The Morgan fingerprint density at radius 2 is 1.55 bits per heavy atom. The lowest BCUT2D eigenvalue weighted by Crippen LogP contribution is -2.49. The fourth-order valence-corrected chi connectivity index (χ4v) is 6.10. The van der Waals surface area contributed by atoms with Crippen LogP contribution in [0.4, 0.5) is 5.69 Å². The van der Waals surface area contributed by atoms with Crippen molar-refractivity contribution in [2.75, 3.05) is 31.1 Å². The summed E-state index contributed by atoms with van der Waals surface area (Å²) in [5.74, 6) is 0. The van der Waals surface area contributed by atoms with Gasteiger partial charge in [0.05, 0.1) is 17.1 Å². The molecule has 0 saturated carbocycles. The van der Waals surface area contributed by atoms with Crippen molar-refractivity contribution in [1.29, 1.82) is 0 Å². The summed E-state index contributed by atoms with van der Waals surface area (Å²) in [6.45, 7) is 9.93. The summed E-state index contributed by atoms with van der Waals surface area (Å²) in [6, 6.07) is 13.6. The summed E-state index contributed by atoms with van der Waals surface area (Å²) >= 11 is 5.99. The molecule has 1 aliphatic rings. The molecular formula is C23H27ClN4O2S. The summed E-state index contributed by atoms with van der Waals surface area (Å²) in [7, 11) is -3.65. The van der Waals surface area contributed by atoms with Gasteiger partial charge < -0.3 is 4.90 Å². The van der Waals surface area contributed by atoms with E-state index >= 15 is 0 Å². The Bertz CT molecular complexity index is 1210. The molecule has 1 fully saturated rings. The molecule has 1 aliphatic heterocycles. The fraction of sp³-hybridized carbons (Fsp3) is 0.348. The largest absolute Gasteiger partial charge is 0.369 e. The van der Waals surface area contributed by atoms with E-state index < -0.39 is 10.0 Å². The van der Waals surface area contributed by atoms with Crippen molar-refractivity contribution in [3.05, 3.63) is 70.0 Å². The van der Waals surface area contributed by atoms with E-state index in [4.69, 9.17) is 11.6 Å². The Kier molecular flexibility index (Phi) is 5.85. The molecule has 4 rings (SSSR count). The molecule has 2 aromatic carbocycles. The summed E-state index contributed by atoms with van der Waals surface area (Å²) in [6.07, 6.45) is 0. The van der Waals surface area contributed by atoms with Gasteiger partial charge in [-0.2, -0.15) is 9.40 Å². The second-order valence-corrected chi connectivity index (χ2v) is 10.4. The smallest absolute Gasteiger partial charge is 0.246 e. The van der Waals surface area contributed by atoms with E-state index in [0.717, 1.165) is 5.69 Å². The molecule has 8 heteroatoms. The van der Waals surface area contributed by atoms with Crippen LogP contribution in [0.1, 0.15) is 22.5 Å². The predicted octanol–water partition coefficient (Wildman–Crippen LogP) is 4.27. The van der Waals surface area contributed by atoms with Crippen molar-refractivity contribution in [3.63, 3.8) is 0 Å². The second kappa shape index (κ2) is 8.30. The predicted molar refractivity (Wildman–Crippen MR) is 125 cm³/mol.